The highest BCUT2D eigenvalue weighted by atomic mass is 35.5. The van der Waals surface area contributed by atoms with Crippen molar-refractivity contribution >= 4 is 40.8 Å². The van der Waals surface area contributed by atoms with Crippen LogP contribution in [-0.2, 0) is 0 Å². The first-order chi connectivity index (χ1) is 13.9. The molecule has 146 valence electrons. The lowest BCUT2D eigenvalue weighted by molar-refractivity contribution is 0.0697. The summed E-state index contributed by atoms with van der Waals surface area (Å²) in [6.45, 7) is 0. The van der Waals surface area contributed by atoms with Gasteiger partial charge in [-0.2, -0.15) is 0 Å². The molecule has 8 heteroatoms. The molecule has 0 aromatic heterocycles. The summed E-state index contributed by atoms with van der Waals surface area (Å²) in [4.78, 5) is 36.5. The normalized spacial score (nSPS) is 10.3. The van der Waals surface area contributed by atoms with Crippen LogP contribution in [0.25, 0.3) is 0 Å². The second-order valence-corrected chi connectivity index (χ2v) is 6.37. The molecule has 3 N–H and O–H groups in total. The number of hydrogen-bond acceptors (Lipinski definition) is 3. The molecule has 0 saturated heterocycles. The van der Waals surface area contributed by atoms with Gasteiger partial charge in [0.05, 0.1) is 28.1 Å². The molecule has 0 spiro atoms. The number of hydrogen-bond donors (Lipinski definition) is 3. The number of para-hydroxylation sites is 1. The molecule has 0 fully saturated rings. The Kier molecular flexibility index (Phi) is 5.90. The van der Waals surface area contributed by atoms with Crippen LogP contribution in [0.15, 0.2) is 66.7 Å². The van der Waals surface area contributed by atoms with Crippen LogP contribution in [0.3, 0.4) is 0 Å². The van der Waals surface area contributed by atoms with Crippen molar-refractivity contribution in [2.45, 2.75) is 0 Å². The second kappa shape index (κ2) is 8.53. The zero-order valence-electron chi connectivity index (χ0n) is 14.8. The van der Waals surface area contributed by atoms with Crippen molar-refractivity contribution in [2.75, 3.05) is 10.6 Å². The number of carboxylic acid groups (broad SMARTS) is 1. The van der Waals surface area contributed by atoms with Crippen LogP contribution >= 0.6 is 11.6 Å². The van der Waals surface area contributed by atoms with Gasteiger partial charge in [0.15, 0.2) is 0 Å². The Labute approximate surface area is 169 Å². The molecule has 0 saturated carbocycles. The summed E-state index contributed by atoms with van der Waals surface area (Å²) in [5.74, 6) is -3.35. The Morgan fingerprint density at radius 2 is 1.31 bits per heavy atom. The van der Waals surface area contributed by atoms with Crippen LogP contribution in [0.5, 0.6) is 0 Å². The molecule has 0 heterocycles. The van der Waals surface area contributed by atoms with E-state index in [4.69, 9.17) is 11.6 Å². The van der Waals surface area contributed by atoms with Gasteiger partial charge < -0.3 is 15.7 Å². The van der Waals surface area contributed by atoms with Crippen molar-refractivity contribution in [3.05, 3.63) is 94.3 Å². The molecule has 0 aliphatic rings. The lowest BCUT2D eigenvalue weighted by Gasteiger charge is -2.13. The van der Waals surface area contributed by atoms with Crippen molar-refractivity contribution in [2.24, 2.45) is 0 Å². The van der Waals surface area contributed by atoms with Crippen LogP contribution in [0, 0.1) is 5.82 Å². The van der Waals surface area contributed by atoms with E-state index in [1.165, 1.54) is 54.6 Å². The summed E-state index contributed by atoms with van der Waals surface area (Å²) in [6, 6.07) is 15.5. The van der Waals surface area contributed by atoms with E-state index in [1.54, 1.807) is 6.07 Å². The fraction of sp³-hybridized carbons (Fsp3) is 0. The number of carboxylic acids is 1. The van der Waals surface area contributed by atoms with Crippen molar-refractivity contribution in [3.8, 4) is 0 Å². The third-order valence-electron chi connectivity index (χ3n) is 4.00. The van der Waals surface area contributed by atoms with Crippen LogP contribution < -0.4 is 10.6 Å². The minimum Gasteiger partial charge on any atom is -0.478 e. The maximum absolute atomic E-state index is 13.9. The first-order valence-corrected chi connectivity index (χ1v) is 8.73. The molecule has 0 radical (unpaired) electrons. The summed E-state index contributed by atoms with van der Waals surface area (Å²) in [5.41, 5.74) is -0.128. The molecule has 0 atom stereocenters. The SMILES string of the molecule is O=C(Nc1ccc(Cl)cc1C(=O)Nc1ccccc1C(=O)O)c1ccccc1F. The van der Waals surface area contributed by atoms with Gasteiger partial charge in [0, 0.05) is 5.02 Å². The molecular weight excluding hydrogens is 399 g/mol. The minimum atomic E-state index is -1.21. The molecule has 29 heavy (non-hydrogen) atoms. The van der Waals surface area contributed by atoms with Gasteiger partial charge in [-0.15, -0.1) is 0 Å². The highest BCUT2D eigenvalue weighted by Gasteiger charge is 2.19. The molecule has 0 aliphatic heterocycles. The van der Waals surface area contributed by atoms with Crippen molar-refractivity contribution in [1.29, 1.82) is 0 Å². The Morgan fingerprint density at radius 3 is 1.97 bits per heavy atom. The van der Waals surface area contributed by atoms with E-state index in [2.05, 4.69) is 10.6 Å². The highest BCUT2D eigenvalue weighted by Crippen LogP contribution is 2.24. The molecule has 2 amide bonds. The van der Waals surface area contributed by atoms with Crippen LogP contribution in [0.1, 0.15) is 31.1 Å². The molecule has 3 aromatic rings. The van der Waals surface area contributed by atoms with Gasteiger partial charge in [0.2, 0.25) is 0 Å². The number of halogens is 2. The van der Waals surface area contributed by atoms with Crippen molar-refractivity contribution in [3.63, 3.8) is 0 Å². The van der Waals surface area contributed by atoms with Gasteiger partial charge in [-0.05, 0) is 42.5 Å². The maximum Gasteiger partial charge on any atom is 0.337 e. The summed E-state index contributed by atoms with van der Waals surface area (Å²) < 4.78 is 13.9. The number of anilines is 2. The van der Waals surface area contributed by atoms with E-state index in [0.717, 1.165) is 6.07 Å². The zero-order valence-corrected chi connectivity index (χ0v) is 15.5. The van der Waals surface area contributed by atoms with E-state index >= 15 is 0 Å². The average Bonchev–Trinajstić information content (AvgIpc) is 2.69. The Bertz CT molecular complexity index is 1120. The van der Waals surface area contributed by atoms with Crippen molar-refractivity contribution in [1.82, 2.24) is 0 Å². The lowest BCUT2D eigenvalue weighted by atomic mass is 10.1. The maximum atomic E-state index is 13.9. The quantitative estimate of drug-likeness (QED) is 0.567. The molecule has 0 aliphatic carbocycles. The number of aromatic carboxylic acids is 1. The number of nitrogens with one attached hydrogen (secondary N) is 2. The fourth-order valence-electron chi connectivity index (χ4n) is 2.62. The molecule has 0 bridgehead atoms. The Morgan fingerprint density at radius 1 is 0.759 bits per heavy atom. The number of rotatable bonds is 5. The topological polar surface area (TPSA) is 95.5 Å². The summed E-state index contributed by atoms with van der Waals surface area (Å²) in [5, 5.41) is 14.5. The van der Waals surface area contributed by atoms with E-state index < -0.39 is 23.6 Å². The fourth-order valence-corrected chi connectivity index (χ4v) is 2.79. The molecule has 3 aromatic carbocycles. The molecule has 0 unspecified atom stereocenters. The first-order valence-electron chi connectivity index (χ1n) is 8.36. The van der Waals surface area contributed by atoms with Gasteiger partial charge >= 0.3 is 5.97 Å². The van der Waals surface area contributed by atoms with E-state index in [0.29, 0.717) is 0 Å². The van der Waals surface area contributed by atoms with Crippen molar-refractivity contribution < 1.29 is 23.9 Å². The van der Waals surface area contributed by atoms with E-state index in [1.807, 2.05) is 0 Å². The average molecular weight is 413 g/mol. The highest BCUT2D eigenvalue weighted by molar-refractivity contribution is 6.31. The summed E-state index contributed by atoms with van der Waals surface area (Å²) in [6.07, 6.45) is 0. The smallest absolute Gasteiger partial charge is 0.337 e. The predicted molar refractivity (Wildman–Crippen MR) is 107 cm³/mol. The minimum absolute atomic E-state index is 0.0117. The number of benzene rings is 3. The second-order valence-electron chi connectivity index (χ2n) is 5.93. The van der Waals surface area contributed by atoms with E-state index in [-0.39, 0.29) is 33.1 Å². The zero-order chi connectivity index (χ0) is 21.0. The van der Waals surface area contributed by atoms with Gasteiger partial charge in [-0.1, -0.05) is 35.9 Å². The van der Waals surface area contributed by atoms with Gasteiger partial charge in [0.1, 0.15) is 5.82 Å². The standard InChI is InChI=1S/C21H14ClFN2O4/c22-12-9-10-18(25-19(26)13-5-1-3-7-16(13)23)15(11-12)20(27)24-17-8-4-2-6-14(17)21(28)29/h1-11H,(H,24,27)(H,25,26)(H,28,29). The first kappa shape index (κ1) is 20.0. The Balaban J connectivity index is 1.91. The van der Waals surface area contributed by atoms with Crippen LogP contribution in [-0.4, -0.2) is 22.9 Å². The number of carbonyl (C=O) groups is 3. The Hall–Kier alpha value is -3.71. The third kappa shape index (κ3) is 4.59. The van der Waals surface area contributed by atoms with Gasteiger partial charge in [-0.3, -0.25) is 9.59 Å². The summed E-state index contributed by atoms with van der Waals surface area (Å²) >= 11 is 5.98. The van der Waals surface area contributed by atoms with Gasteiger partial charge in [0.25, 0.3) is 11.8 Å². The summed E-state index contributed by atoms with van der Waals surface area (Å²) in [7, 11) is 0. The predicted octanol–water partition coefficient (Wildman–Crippen LogP) is 4.68. The molecule has 3 rings (SSSR count). The molecular formula is C21H14ClFN2O4. The number of carbonyl (C=O) groups excluding carboxylic acids is 2. The monoisotopic (exact) mass is 412 g/mol. The van der Waals surface area contributed by atoms with Gasteiger partial charge in [-0.25, -0.2) is 9.18 Å². The third-order valence-corrected chi connectivity index (χ3v) is 4.23. The largest absolute Gasteiger partial charge is 0.478 e. The molecule has 6 nitrogen and oxygen atoms in total. The van der Waals surface area contributed by atoms with Crippen LogP contribution in [0.4, 0.5) is 15.8 Å². The van der Waals surface area contributed by atoms with E-state index in [9.17, 15) is 23.9 Å². The number of amides is 2. The lowest BCUT2D eigenvalue weighted by Crippen LogP contribution is -2.20. The van der Waals surface area contributed by atoms with Crippen LogP contribution in [0.2, 0.25) is 5.02 Å².